The van der Waals surface area contributed by atoms with Crippen molar-refractivity contribution < 1.29 is 20.1 Å². The number of nitrogens with zero attached hydrogens (tertiary/aromatic N) is 4. The number of carbonyl (C=O) groups is 1. The van der Waals surface area contributed by atoms with Gasteiger partial charge in [-0.15, -0.1) is 12.4 Å². The van der Waals surface area contributed by atoms with Crippen LogP contribution in [0.5, 0.6) is 11.5 Å². The molecule has 4 aromatic carbocycles. The molecule has 60 heavy (non-hydrogen) atoms. The maximum Gasteiger partial charge on any atom is 0.208 e. The standard InChI is InChI=1S/C30H39N3O2.C11H18N2.C7H8O2.2CH4.ClH/c1-8-32(20(3)4)25-14-10-23(11-15-25)18-27-22(7)30(29(35)19-28(27)34)31-24-12-16-26(17-13-24)33(9-2)21(5)6;1-4-13(9(2)3)11-7-5-10(12)6-8-11;1-5-2-6(8)4-7(9)3-5;;;/h10-17,19-21,34H,8-9,18H2,1-7H3;5-9H,4,12H2,1-3H3;2-4,8-9H,1H3;2*1H4;1H. The lowest BCUT2D eigenvalue weighted by Gasteiger charge is -2.27. The predicted molar refractivity (Wildman–Crippen MR) is 263 cm³/mol. The number of aromatic hydroxyl groups is 2. The highest BCUT2D eigenvalue weighted by molar-refractivity contribution is 6.51. The summed E-state index contributed by atoms with van der Waals surface area (Å²) in [5.41, 5.74) is 14.5. The van der Waals surface area contributed by atoms with E-state index in [9.17, 15) is 9.90 Å². The number of phenolic OH excluding ortho intramolecular Hbond substituents is 2. The minimum absolute atomic E-state index is 0. The molecule has 0 unspecified atom stereocenters. The van der Waals surface area contributed by atoms with Crippen LogP contribution in [0.3, 0.4) is 0 Å². The zero-order valence-electron chi connectivity index (χ0n) is 36.3. The Morgan fingerprint density at radius 1 is 0.617 bits per heavy atom. The number of allylic oxidation sites excluding steroid dienone is 3. The Kier molecular flexibility index (Phi) is 23.6. The van der Waals surface area contributed by atoms with Gasteiger partial charge in [-0.05, 0) is 166 Å². The van der Waals surface area contributed by atoms with Gasteiger partial charge in [0, 0.05) is 84.6 Å². The summed E-state index contributed by atoms with van der Waals surface area (Å²) in [4.78, 5) is 24.4. The fraction of sp³-hybridized carbons (Fsp3) is 0.400. The number of nitrogens with two attached hydrogens (primary N) is 1. The number of hydrogen-bond donors (Lipinski definition) is 4. The van der Waals surface area contributed by atoms with Crippen LogP contribution in [-0.2, 0) is 11.2 Å². The molecule has 5 N–H and O–H groups in total. The van der Waals surface area contributed by atoms with Crippen LogP contribution in [0.4, 0.5) is 28.4 Å². The molecule has 0 aromatic heterocycles. The van der Waals surface area contributed by atoms with Crippen molar-refractivity contribution in [1.29, 1.82) is 0 Å². The van der Waals surface area contributed by atoms with Gasteiger partial charge in [-0.3, -0.25) is 4.79 Å². The summed E-state index contributed by atoms with van der Waals surface area (Å²) in [5, 5.41) is 28.3. The van der Waals surface area contributed by atoms with Crippen molar-refractivity contribution in [2.24, 2.45) is 4.99 Å². The van der Waals surface area contributed by atoms with Gasteiger partial charge >= 0.3 is 0 Å². The van der Waals surface area contributed by atoms with Crippen LogP contribution in [0.25, 0.3) is 0 Å². The second-order valence-corrected chi connectivity index (χ2v) is 15.1. The molecular formula is C50H74ClN5O4. The fourth-order valence-corrected chi connectivity index (χ4v) is 6.97. The Morgan fingerprint density at radius 3 is 1.37 bits per heavy atom. The van der Waals surface area contributed by atoms with Crippen LogP contribution in [-0.4, -0.2) is 64.6 Å². The minimum Gasteiger partial charge on any atom is -0.508 e. The van der Waals surface area contributed by atoms with Crippen LogP contribution < -0.4 is 20.4 Å². The maximum atomic E-state index is 12.7. The molecular weight excluding hydrogens is 770 g/mol. The molecule has 0 heterocycles. The molecule has 0 bridgehead atoms. The van der Waals surface area contributed by atoms with Gasteiger partial charge < -0.3 is 35.8 Å². The average molecular weight is 845 g/mol. The van der Waals surface area contributed by atoms with E-state index in [1.807, 2.05) is 43.3 Å². The number of ketones is 1. The lowest BCUT2D eigenvalue weighted by atomic mass is 9.90. The van der Waals surface area contributed by atoms with Gasteiger partial charge in [0.25, 0.3) is 0 Å². The summed E-state index contributed by atoms with van der Waals surface area (Å²) in [6, 6.07) is 30.3. The van der Waals surface area contributed by atoms with Gasteiger partial charge in [-0.25, -0.2) is 4.99 Å². The van der Waals surface area contributed by atoms with Gasteiger partial charge in [0.1, 0.15) is 23.0 Å². The number of aliphatic imine (C=N–C) groups is 1. The van der Waals surface area contributed by atoms with E-state index < -0.39 is 0 Å². The molecule has 0 spiro atoms. The highest BCUT2D eigenvalue weighted by Gasteiger charge is 2.24. The number of nitrogen functional groups attached to an aromatic ring is 1. The summed E-state index contributed by atoms with van der Waals surface area (Å²) in [6.45, 7) is 26.1. The molecule has 9 nitrogen and oxygen atoms in total. The zero-order valence-corrected chi connectivity index (χ0v) is 37.1. The van der Waals surface area contributed by atoms with Crippen LogP contribution in [0.1, 0.15) is 95.2 Å². The predicted octanol–water partition coefficient (Wildman–Crippen LogP) is 12.4. The van der Waals surface area contributed by atoms with Gasteiger partial charge in [-0.1, -0.05) is 27.0 Å². The third kappa shape index (κ3) is 15.6. The van der Waals surface area contributed by atoms with Crippen LogP contribution >= 0.6 is 12.4 Å². The van der Waals surface area contributed by atoms with E-state index in [0.29, 0.717) is 30.3 Å². The monoisotopic (exact) mass is 844 g/mol. The maximum absolute atomic E-state index is 12.7. The number of rotatable bonds is 12. The summed E-state index contributed by atoms with van der Waals surface area (Å²) >= 11 is 0. The Hall–Kier alpha value is -5.41. The van der Waals surface area contributed by atoms with Crippen molar-refractivity contribution in [3.8, 4) is 11.5 Å². The lowest BCUT2D eigenvalue weighted by Crippen LogP contribution is -2.30. The molecule has 0 radical (unpaired) electrons. The minimum atomic E-state index is -0.268. The fourth-order valence-electron chi connectivity index (χ4n) is 6.97. The van der Waals surface area contributed by atoms with E-state index in [1.165, 1.54) is 23.5 Å². The third-order valence-electron chi connectivity index (χ3n) is 9.85. The number of benzene rings is 4. The zero-order chi connectivity index (χ0) is 42.4. The van der Waals surface area contributed by atoms with Gasteiger partial charge in [0.05, 0.1) is 5.69 Å². The first-order valence-electron chi connectivity index (χ1n) is 20.1. The number of anilines is 4. The Labute approximate surface area is 368 Å². The smallest absolute Gasteiger partial charge is 0.208 e. The van der Waals surface area contributed by atoms with Crippen molar-refractivity contribution in [3.05, 3.63) is 125 Å². The van der Waals surface area contributed by atoms with E-state index in [4.69, 9.17) is 15.9 Å². The molecule has 1 aliphatic carbocycles. The normalized spacial score (nSPS) is 12.6. The molecule has 0 fully saturated rings. The molecule has 330 valence electrons. The first-order valence-corrected chi connectivity index (χ1v) is 20.1. The molecule has 0 saturated heterocycles. The van der Waals surface area contributed by atoms with Gasteiger partial charge in [0.15, 0.2) is 0 Å². The van der Waals surface area contributed by atoms with Crippen molar-refractivity contribution in [3.63, 3.8) is 0 Å². The van der Waals surface area contributed by atoms with Crippen LogP contribution in [0.2, 0.25) is 0 Å². The molecule has 0 amide bonds. The quantitative estimate of drug-likeness (QED) is 0.0820. The number of phenols is 2. The number of carbonyl (C=O) groups excluding carboxylic acids is 1. The molecule has 4 aromatic rings. The Bertz CT molecular complexity index is 1940. The van der Waals surface area contributed by atoms with Crippen molar-refractivity contribution in [1.82, 2.24) is 0 Å². The summed E-state index contributed by atoms with van der Waals surface area (Å²) in [6.07, 6.45) is 1.83. The van der Waals surface area contributed by atoms with Crippen LogP contribution in [0.15, 0.2) is 119 Å². The second kappa shape index (κ2) is 25.9. The van der Waals surface area contributed by atoms with E-state index in [0.717, 1.165) is 59.0 Å². The Morgan fingerprint density at radius 2 is 1.00 bits per heavy atom. The number of hydrogen-bond acceptors (Lipinski definition) is 9. The number of aryl methyl sites for hydroxylation is 1. The average Bonchev–Trinajstić information content (AvgIpc) is 3.14. The SMILES string of the molecule is C.C.CCN(c1ccc(CC2=C(C)C(=Nc3ccc(N(CC)C(C)C)cc3)C(=O)C=C2O)cc1)C(C)C.CCN(c1ccc(N)cc1)C(C)C.Cc1cc(O)cc(O)c1.Cl. The summed E-state index contributed by atoms with van der Waals surface area (Å²) < 4.78 is 0. The molecule has 0 aliphatic heterocycles. The first kappa shape index (κ1) is 54.6. The number of halogens is 1. The van der Waals surface area contributed by atoms with Crippen molar-refractivity contribution >= 4 is 52.3 Å². The highest BCUT2D eigenvalue weighted by Crippen LogP contribution is 2.29. The van der Waals surface area contributed by atoms with E-state index >= 15 is 0 Å². The number of aliphatic hydroxyl groups excluding tert-OH is 1. The van der Waals surface area contributed by atoms with Gasteiger partial charge in [-0.2, -0.15) is 0 Å². The molecule has 5 rings (SSSR count). The summed E-state index contributed by atoms with van der Waals surface area (Å²) in [5.74, 6) is -0.0326. The second-order valence-electron chi connectivity index (χ2n) is 15.1. The molecule has 1 aliphatic rings. The van der Waals surface area contributed by atoms with Crippen molar-refractivity contribution in [2.45, 2.75) is 116 Å². The molecule has 0 saturated carbocycles. The Balaban J connectivity index is 0.00000114. The molecule has 0 atom stereocenters. The largest absolute Gasteiger partial charge is 0.508 e. The van der Waals surface area contributed by atoms with E-state index in [1.54, 1.807) is 19.1 Å². The van der Waals surface area contributed by atoms with Gasteiger partial charge in [0.2, 0.25) is 5.78 Å². The third-order valence-corrected chi connectivity index (χ3v) is 9.85. The van der Waals surface area contributed by atoms with E-state index in [2.05, 4.69) is 118 Å². The highest BCUT2D eigenvalue weighted by atomic mass is 35.5. The van der Waals surface area contributed by atoms with Crippen LogP contribution in [0, 0.1) is 6.92 Å². The van der Waals surface area contributed by atoms with E-state index in [-0.39, 0.29) is 50.3 Å². The van der Waals surface area contributed by atoms with Crippen molar-refractivity contribution in [2.75, 3.05) is 40.1 Å². The summed E-state index contributed by atoms with van der Waals surface area (Å²) in [7, 11) is 0. The topological polar surface area (TPSA) is 126 Å². The first-order chi connectivity index (χ1) is 27.0. The number of aliphatic hydroxyl groups is 1. The lowest BCUT2D eigenvalue weighted by molar-refractivity contribution is -0.109. The molecule has 10 heteroatoms.